The van der Waals surface area contributed by atoms with Crippen LogP contribution in [0.25, 0.3) is 0 Å². The highest BCUT2D eigenvalue weighted by Gasteiger charge is 2.23. The first kappa shape index (κ1) is 12.2. The Labute approximate surface area is 78.1 Å². The maximum atomic E-state index is 10.6. The van der Waals surface area contributed by atoms with Crippen molar-refractivity contribution in [3.63, 3.8) is 0 Å². The van der Waals surface area contributed by atoms with Gasteiger partial charge < -0.3 is 4.74 Å². The molecule has 0 aliphatic heterocycles. The van der Waals surface area contributed by atoms with E-state index in [1.165, 1.54) is 6.26 Å². The van der Waals surface area contributed by atoms with Gasteiger partial charge in [0, 0.05) is 6.42 Å². The van der Waals surface area contributed by atoms with Crippen LogP contribution in [-0.4, -0.2) is 18.4 Å². The molecule has 0 rings (SSSR count). The van der Waals surface area contributed by atoms with E-state index in [0.717, 1.165) is 12.8 Å². The first-order valence-electron chi connectivity index (χ1n) is 4.03. The van der Waals surface area contributed by atoms with E-state index in [9.17, 15) is 8.42 Å². The van der Waals surface area contributed by atoms with Crippen LogP contribution in [0.15, 0.2) is 0 Å². The minimum absolute atomic E-state index is 0.153. The zero-order chi connectivity index (χ0) is 10.3. The molecule has 0 radical (unpaired) electrons. The standard InChI is InChI=1S/C7H13NO4S/c1-2-3-4-5-7(12-6-8)13(9,10)11/h7H,2-5H2,1H3,(H,9,10,11). The van der Waals surface area contributed by atoms with Crippen LogP contribution in [0.4, 0.5) is 0 Å². The molecular formula is C7H13NO4S. The van der Waals surface area contributed by atoms with E-state index in [2.05, 4.69) is 4.74 Å². The topological polar surface area (TPSA) is 87.4 Å². The quantitative estimate of drug-likeness (QED) is 0.402. The summed E-state index contributed by atoms with van der Waals surface area (Å²) in [6, 6.07) is 0. The number of nitrogens with zero attached hydrogens (tertiary/aromatic N) is 1. The number of ether oxygens (including phenoxy) is 1. The number of hydrogen-bond acceptors (Lipinski definition) is 4. The van der Waals surface area contributed by atoms with Gasteiger partial charge in [0.1, 0.15) is 0 Å². The van der Waals surface area contributed by atoms with E-state index in [1.807, 2.05) is 6.92 Å². The fourth-order valence-electron chi connectivity index (χ4n) is 0.888. The molecule has 1 unspecified atom stereocenters. The predicted octanol–water partition coefficient (Wildman–Crippen LogP) is 1.28. The Morgan fingerprint density at radius 2 is 2.15 bits per heavy atom. The lowest BCUT2D eigenvalue weighted by atomic mass is 10.2. The van der Waals surface area contributed by atoms with E-state index in [4.69, 9.17) is 9.81 Å². The molecule has 1 atom stereocenters. The van der Waals surface area contributed by atoms with Crippen LogP contribution in [0, 0.1) is 11.5 Å². The summed E-state index contributed by atoms with van der Waals surface area (Å²) in [6.45, 7) is 1.97. The smallest absolute Gasteiger partial charge is 0.304 e. The number of hydrogen-bond donors (Lipinski definition) is 1. The molecule has 0 amide bonds. The van der Waals surface area contributed by atoms with Crippen LogP contribution < -0.4 is 0 Å². The minimum Gasteiger partial charge on any atom is -0.405 e. The summed E-state index contributed by atoms with van der Waals surface area (Å²) in [6.07, 6.45) is 3.81. The molecule has 0 saturated heterocycles. The maximum Gasteiger partial charge on any atom is 0.304 e. The van der Waals surface area contributed by atoms with Gasteiger partial charge in [0.05, 0.1) is 0 Å². The average molecular weight is 207 g/mol. The Balaban J connectivity index is 4.06. The Morgan fingerprint density at radius 3 is 2.54 bits per heavy atom. The highest BCUT2D eigenvalue weighted by Crippen LogP contribution is 2.11. The molecular weight excluding hydrogens is 194 g/mol. The molecule has 6 heteroatoms. The molecule has 0 aromatic rings. The zero-order valence-electron chi connectivity index (χ0n) is 7.43. The number of rotatable bonds is 6. The summed E-state index contributed by atoms with van der Waals surface area (Å²) in [7, 11) is -4.25. The molecule has 0 aliphatic rings. The third-order valence-electron chi connectivity index (χ3n) is 1.56. The van der Waals surface area contributed by atoms with Gasteiger partial charge in [0.2, 0.25) is 5.44 Å². The Kier molecular flexibility index (Phi) is 5.42. The molecule has 0 bridgehead atoms. The third-order valence-corrected chi connectivity index (χ3v) is 2.56. The molecule has 13 heavy (non-hydrogen) atoms. The monoisotopic (exact) mass is 207 g/mol. The Morgan fingerprint density at radius 1 is 1.54 bits per heavy atom. The summed E-state index contributed by atoms with van der Waals surface area (Å²) >= 11 is 0. The van der Waals surface area contributed by atoms with Crippen molar-refractivity contribution in [2.75, 3.05) is 0 Å². The van der Waals surface area contributed by atoms with Crippen molar-refractivity contribution in [2.24, 2.45) is 0 Å². The van der Waals surface area contributed by atoms with E-state index in [1.54, 1.807) is 0 Å². The van der Waals surface area contributed by atoms with Gasteiger partial charge in [-0.1, -0.05) is 19.8 Å². The van der Waals surface area contributed by atoms with Crippen molar-refractivity contribution in [1.82, 2.24) is 0 Å². The predicted molar refractivity (Wildman–Crippen MR) is 46.2 cm³/mol. The van der Waals surface area contributed by atoms with Gasteiger partial charge in [-0.3, -0.25) is 4.55 Å². The minimum atomic E-state index is -4.25. The summed E-state index contributed by atoms with van der Waals surface area (Å²) in [5.41, 5.74) is -1.40. The average Bonchev–Trinajstić information content (AvgIpc) is 2.01. The summed E-state index contributed by atoms with van der Waals surface area (Å²) in [4.78, 5) is 0. The molecule has 0 fully saturated rings. The van der Waals surface area contributed by atoms with Gasteiger partial charge in [0.25, 0.3) is 6.26 Å². The van der Waals surface area contributed by atoms with Gasteiger partial charge in [-0.2, -0.15) is 13.7 Å². The molecule has 0 spiro atoms. The fraction of sp³-hybridized carbons (Fsp3) is 0.857. The van der Waals surface area contributed by atoms with E-state index < -0.39 is 15.6 Å². The number of unbranched alkanes of at least 4 members (excludes halogenated alkanes) is 2. The molecule has 0 aliphatic carbocycles. The van der Waals surface area contributed by atoms with Crippen LogP contribution in [-0.2, 0) is 14.9 Å². The molecule has 76 valence electrons. The van der Waals surface area contributed by atoms with Crippen LogP contribution >= 0.6 is 0 Å². The highest BCUT2D eigenvalue weighted by atomic mass is 32.2. The van der Waals surface area contributed by atoms with E-state index >= 15 is 0 Å². The molecule has 0 aromatic carbocycles. The Bertz CT molecular complexity index is 267. The van der Waals surface area contributed by atoms with Crippen LogP contribution in [0.5, 0.6) is 0 Å². The normalized spacial score (nSPS) is 13.3. The van der Waals surface area contributed by atoms with Crippen LogP contribution in [0.3, 0.4) is 0 Å². The van der Waals surface area contributed by atoms with Crippen molar-refractivity contribution in [3.8, 4) is 6.26 Å². The first-order chi connectivity index (χ1) is 6.02. The van der Waals surface area contributed by atoms with Crippen molar-refractivity contribution < 1.29 is 17.7 Å². The second-order valence-corrected chi connectivity index (χ2v) is 4.21. The van der Waals surface area contributed by atoms with Crippen molar-refractivity contribution in [3.05, 3.63) is 0 Å². The second kappa shape index (κ2) is 5.78. The van der Waals surface area contributed by atoms with Crippen molar-refractivity contribution in [2.45, 2.75) is 38.0 Å². The second-order valence-electron chi connectivity index (χ2n) is 2.65. The summed E-state index contributed by atoms with van der Waals surface area (Å²) < 4.78 is 34.0. The maximum absolute atomic E-state index is 10.6. The van der Waals surface area contributed by atoms with Crippen molar-refractivity contribution >= 4 is 10.1 Å². The molecule has 5 nitrogen and oxygen atoms in total. The van der Waals surface area contributed by atoms with Gasteiger partial charge in [-0.15, -0.1) is 0 Å². The van der Waals surface area contributed by atoms with Gasteiger partial charge in [-0.25, -0.2) is 0 Å². The largest absolute Gasteiger partial charge is 0.405 e. The Hall–Kier alpha value is -0.800. The molecule has 0 saturated carbocycles. The molecule has 1 N–H and O–H groups in total. The summed E-state index contributed by atoms with van der Waals surface area (Å²) in [5.74, 6) is 0. The van der Waals surface area contributed by atoms with Gasteiger partial charge >= 0.3 is 10.1 Å². The van der Waals surface area contributed by atoms with E-state index in [-0.39, 0.29) is 6.42 Å². The van der Waals surface area contributed by atoms with Gasteiger partial charge in [0.15, 0.2) is 0 Å². The molecule has 0 heterocycles. The SMILES string of the molecule is CCCCCC(OC#N)S(=O)(=O)O. The zero-order valence-corrected chi connectivity index (χ0v) is 8.25. The highest BCUT2D eigenvalue weighted by molar-refractivity contribution is 7.86. The van der Waals surface area contributed by atoms with Crippen molar-refractivity contribution in [1.29, 1.82) is 5.26 Å². The number of nitriles is 1. The van der Waals surface area contributed by atoms with Crippen LogP contribution in [0.2, 0.25) is 0 Å². The van der Waals surface area contributed by atoms with E-state index in [0.29, 0.717) is 6.42 Å². The third kappa shape index (κ3) is 5.44. The summed E-state index contributed by atoms with van der Waals surface area (Å²) in [5, 5.41) is 8.11. The molecule has 0 aromatic heterocycles. The van der Waals surface area contributed by atoms with Gasteiger partial charge in [-0.05, 0) is 6.42 Å². The fourth-order valence-corrected chi connectivity index (χ4v) is 1.52. The lowest BCUT2D eigenvalue weighted by Crippen LogP contribution is -2.22. The first-order valence-corrected chi connectivity index (χ1v) is 5.53. The lowest BCUT2D eigenvalue weighted by Gasteiger charge is -2.09. The lowest BCUT2D eigenvalue weighted by molar-refractivity contribution is 0.204. The van der Waals surface area contributed by atoms with Crippen LogP contribution in [0.1, 0.15) is 32.6 Å².